The molecule has 0 radical (unpaired) electrons. The first kappa shape index (κ1) is 10.5. The molecule has 1 aromatic carbocycles. The van der Waals surface area contributed by atoms with E-state index in [1.807, 2.05) is 25.1 Å². The second-order valence-electron chi connectivity index (χ2n) is 3.72. The van der Waals surface area contributed by atoms with Crippen LogP contribution in [0.5, 0.6) is 0 Å². The molecule has 0 amide bonds. The molecule has 0 saturated heterocycles. The van der Waals surface area contributed by atoms with Crippen LogP contribution >= 0.6 is 0 Å². The van der Waals surface area contributed by atoms with Gasteiger partial charge in [0.2, 0.25) is 0 Å². The fourth-order valence-electron chi connectivity index (χ4n) is 1.67. The summed E-state index contributed by atoms with van der Waals surface area (Å²) < 4.78 is 4.74. The van der Waals surface area contributed by atoms with Crippen LogP contribution in [-0.4, -0.2) is 18.1 Å². The molecular weight excluding hydrogens is 202 g/mol. The first-order valence-electron chi connectivity index (χ1n) is 4.99. The lowest BCUT2D eigenvalue weighted by molar-refractivity contribution is 0.0603. The molecule has 0 aliphatic heterocycles. The molecule has 0 atom stereocenters. The fraction of sp³-hybridized carbons (Fsp3) is 0.154. The predicted molar refractivity (Wildman–Crippen MR) is 64.3 cm³/mol. The van der Waals surface area contributed by atoms with Gasteiger partial charge in [0.25, 0.3) is 0 Å². The molecule has 16 heavy (non-hydrogen) atoms. The topological polar surface area (TPSA) is 42.1 Å². The van der Waals surface area contributed by atoms with E-state index in [9.17, 15) is 4.79 Å². The zero-order valence-corrected chi connectivity index (χ0v) is 9.33. The largest absolute Gasteiger partial charge is 0.465 e. The highest BCUT2D eigenvalue weighted by molar-refractivity contribution is 6.04. The summed E-state index contributed by atoms with van der Waals surface area (Å²) in [7, 11) is 1.38. The molecule has 0 unspecified atom stereocenters. The number of aromatic nitrogens is 1. The van der Waals surface area contributed by atoms with Crippen molar-refractivity contribution in [2.45, 2.75) is 6.92 Å². The summed E-state index contributed by atoms with van der Waals surface area (Å²) in [4.78, 5) is 14.8. The van der Waals surface area contributed by atoms with Crippen LogP contribution in [0.4, 0.5) is 0 Å². The Morgan fingerprint density at radius 2 is 2.19 bits per heavy atom. The van der Waals surface area contributed by atoms with E-state index in [-0.39, 0.29) is 5.97 Å². The summed E-state index contributed by atoms with van der Waals surface area (Å²) in [5, 5.41) is 0.868. The van der Waals surface area contributed by atoms with E-state index in [4.69, 9.17) is 4.74 Å². The van der Waals surface area contributed by atoms with E-state index < -0.39 is 0 Å². The number of benzene rings is 1. The van der Waals surface area contributed by atoms with Crippen molar-refractivity contribution < 1.29 is 9.53 Å². The Balaban J connectivity index is 2.67. The molecule has 0 fully saturated rings. The molecule has 2 rings (SSSR count). The lowest BCUT2D eigenvalue weighted by Gasteiger charge is -1.99. The van der Waals surface area contributed by atoms with Gasteiger partial charge in [-0.05, 0) is 30.7 Å². The van der Waals surface area contributed by atoms with E-state index in [1.54, 1.807) is 6.07 Å². The minimum absolute atomic E-state index is 0.321. The van der Waals surface area contributed by atoms with Gasteiger partial charge in [0, 0.05) is 16.6 Å². The number of H-pyrrole nitrogens is 1. The van der Waals surface area contributed by atoms with Crippen LogP contribution in [0, 0.1) is 0 Å². The zero-order chi connectivity index (χ0) is 11.7. The quantitative estimate of drug-likeness (QED) is 0.782. The fourth-order valence-corrected chi connectivity index (χ4v) is 1.67. The highest BCUT2D eigenvalue weighted by Crippen LogP contribution is 2.23. The maximum absolute atomic E-state index is 11.5. The lowest BCUT2D eigenvalue weighted by Crippen LogP contribution is -2.00. The molecular formula is C13H13NO2. The number of esters is 1. The van der Waals surface area contributed by atoms with Crippen LogP contribution in [0.2, 0.25) is 0 Å². The molecule has 0 bridgehead atoms. The van der Waals surface area contributed by atoms with Crippen LogP contribution in [0.3, 0.4) is 0 Å². The monoisotopic (exact) mass is 215 g/mol. The van der Waals surface area contributed by atoms with Gasteiger partial charge >= 0.3 is 5.97 Å². The first-order chi connectivity index (χ1) is 7.63. The third-order valence-electron chi connectivity index (χ3n) is 2.53. The van der Waals surface area contributed by atoms with Gasteiger partial charge in [-0.15, -0.1) is 0 Å². The molecule has 3 nitrogen and oxygen atoms in total. The van der Waals surface area contributed by atoms with Crippen LogP contribution in [0.25, 0.3) is 16.5 Å². The van der Waals surface area contributed by atoms with Gasteiger partial charge in [0.05, 0.1) is 12.7 Å². The second kappa shape index (κ2) is 3.85. The van der Waals surface area contributed by atoms with Crippen molar-refractivity contribution in [2.24, 2.45) is 0 Å². The minimum Gasteiger partial charge on any atom is -0.465 e. The van der Waals surface area contributed by atoms with Crippen molar-refractivity contribution in [3.05, 3.63) is 42.1 Å². The summed E-state index contributed by atoms with van der Waals surface area (Å²) in [6.45, 7) is 5.79. The third kappa shape index (κ3) is 1.60. The Labute approximate surface area is 93.7 Å². The number of allylic oxidation sites excluding steroid dienone is 1. The maximum atomic E-state index is 11.5. The molecule has 2 aromatic rings. The van der Waals surface area contributed by atoms with Gasteiger partial charge in [-0.25, -0.2) is 4.79 Å². The van der Waals surface area contributed by atoms with Gasteiger partial charge in [-0.3, -0.25) is 0 Å². The number of carbonyl (C=O) groups is 1. The molecule has 0 aliphatic rings. The maximum Gasteiger partial charge on any atom is 0.338 e. The van der Waals surface area contributed by atoms with Crippen molar-refractivity contribution >= 4 is 22.4 Å². The molecule has 0 aliphatic carbocycles. The minimum atomic E-state index is -0.321. The van der Waals surface area contributed by atoms with E-state index in [0.29, 0.717) is 5.56 Å². The smallest absolute Gasteiger partial charge is 0.338 e. The van der Waals surface area contributed by atoms with Crippen LogP contribution in [-0.2, 0) is 4.74 Å². The van der Waals surface area contributed by atoms with E-state index >= 15 is 0 Å². The Hall–Kier alpha value is -2.03. The van der Waals surface area contributed by atoms with Crippen LogP contribution in [0.15, 0.2) is 30.8 Å². The van der Waals surface area contributed by atoms with Gasteiger partial charge in [0.1, 0.15) is 0 Å². The highest BCUT2D eigenvalue weighted by atomic mass is 16.5. The molecule has 82 valence electrons. The van der Waals surface area contributed by atoms with Gasteiger partial charge in [-0.1, -0.05) is 12.6 Å². The van der Waals surface area contributed by atoms with Crippen LogP contribution < -0.4 is 0 Å². The average molecular weight is 215 g/mol. The number of hydrogen-bond donors (Lipinski definition) is 1. The zero-order valence-electron chi connectivity index (χ0n) is 9.33. The normalized spacial score (nSPS) is 10.4. The Morgan fingerprint density at radius 3 is 2.81 bits per heavy atom. The first-order valence-corrected chi connectivity index (χ1v) is 4.99. The van der Waals surface area contributed by atoms with Gasteiger partial charge in [0.15, 0.2) is 0 Å². The van der Waals surface area contributed by atoms with E-state index in [2.05, 4.69) is 11.6 Å². The predicted octanol–water partition coefficient (Wildman–Crippen LogP) is 2.99. The number of fused-ring (bicyclic) bond motifs is 1. The lowest BCUT2D eigenvalue weighted by atomic mass is 10.1. The Morgan fingerprint density at radius 1 is 1.44 bits per heavy atom. The number of nitrogens with one attached hydrogen (secondary N) is 1. The summed E-state index contributed by atoms with van der Waals surface area (Å²) in [5.41, 5.74) is 3.36. The van der Waals surface area contributed by atoms with Crippen molar-refractivity contribution in [3.8, 4) is 0 Å². The van der Waals surface area contributed by atoms with Crippen molar-refractivity contribution in [3.63, 3.8) is 0 Å². The molecule has 1 aromatic heterocycles. The van der Waals surface area contributed by atoms with E-state index in [1.165, 1.54) is 7.11 Å². The second-order valence-corrected chi connectivity index (χ2v) is 3.72. The van der Waals surface area contributed by atoms with Gasteiger partial charge < -0.3 is 9.72 Å². The SMILES string of the molecule is C=C(C)c1cc2c(C(=O)OC)cccc2[nH]1. The summed E-state index contributed by atoms with van der Waals surface area (Å²) in [6, 6.07) is 7.43. The molecule has 1 heterocycles. The number of carbonyl (C=O) groups excluding carboxylic acids is 1. The number of aromatic amines is 1. The Bertz CT molecular complexity index is 566. The number of ether oxygens (including phenoxy) is 1. The van der Waals surface area contributed by atoms with Crippen LogP contribution in [0.1, 0.15) is 23.0 Å². The number of hydrogen-bond acceptors (Lipinski definition) is 2. The molecule has 0 saturated carbocycles. The van der Waals surface area contributed by atoms with Gasteiger partial charge in [-0.2, -0.15) is 0 Å². The van der Waals surface area contributed by atoms with E-state index in [0.717, 1.165) is 22.2 Å². The van der Waals surface area contributed by atoms with Crippen molar-refractivity contribution in [1.29, 1.82) is 0 Å². The highest BCUT2D eigenvalue weighted by Gasteiger charge is 2.12. The summed E-state index contributed by atoms with van der Waals surface area (Å²) >= 11 is 0. The number of methoxy groups -OCH3 is 1. The molecule has 1 N–H and O–H groups in total. The summed E-state index contributed by atoms with van der Waals surface area (Å²) in [6.07, 6.45) is 0. The third-order valence-corrected chi connectivity index (χ3v) is 2.53. The molecule has 0 spiro atoms. The standard InChI is InChI=1S/C13H13NO2/c1-8(2)12-7-10-9(13(15)16-3)5-4-6-11(10)14-12/h4-7,14H,1H2,2-3H3. The van der Waals surface area contributed by atoms with Crippen molar-refractivity contribution in [1.82, 2.24) is 4.98 Å². The average Bonchev–Trinajstić information content (AvgIpc) is 2.71. The molecule has 3 heteroatoms. The van der Waals surface area contributed by atoms with Crippen molar-refractivity contribution in [2.75, 3.05) is 7.11 Å². The number of rotatable bonds is 2. The Kier molecular flexibility index (Phi) is 2.52. The summed E-state index contributed by atoms with van der Waals surface area (Å²) in [5.74, 6) is -0.321.